The van der Waals surface area contributed by atoms with Crippen LogP contribution in [0.3, 0.4) is 0 Å². The summed E-state index contributed by atoms with van der Waals surface area (Å²) in [6.07, 6.45) is 5.84. The summed E-state index contributed by atoms with van der Waals surface area (Å²) in [4.78, 5) is 2.59. The Morgan fingerprint density at radius 2 is 2.24 bits per heavy atom. The smallest absolute Gasteiger partial charge is 0.0552 e. The van der Waals surface area contributed by atoms with Gasteiger partial charge in [0, 0.05) is 18.3 Å². The van der Waals surface area contributed by atoms with Gasteiger partial charge in [0.2, 0.25) is 0 Å². The molecule has 1 aliphatic heterocycles. The second kappa shape index (κ2) is 4.34. The van der Waals surface area contributed by atoms with E-state index in [0.29, 0.717) is 0 Å². The van der Waals surface area contributed by atoms with Crippen molar-refractivity contribution in [3.63, 3.8) is 0 Å². The molecule has 0 saturated heterocycles. The zero-order chi connectivity index (χ0) is 11.8. The highest BCUT2D eigenvalue weighted by Crippen LogP contribution is 2.36. The van der Waals surface area contributed by atoms with Crippen LogP contribution in [0.2, 0.25) is 0 Å². The van der Waals surface area contributed by atoms with Gasteiger partial charge < -0.3 is 10.0 Å². The molecule has 2 aliphatic rings. The van der Waals surface area contributed by atoms with E-state index in [2.05, 4.69) is 23.1 Å². The molecule has 0 bridgehead atoms. The molecule has 1 fully saturated rings. The second-order valence-electron chi connectivity index (χ2n) is 5.54. The van der Waals surface area contributed by atoms with Gasteiger partial charge in [-0.05, 0) is 56.2 Å². The first-order valence-electron chi connectivity index (χ1n) is 6.80. The Morgan fingerprint density at radius 3 is 2.88 bits per heavy atom. The van der Waals surface area contributed by atoms with Crippen LogP contribution in [0.4, 0.5) is 5.69 Å². The summed E-state index contributed by atoms with van der Waals surface area (Å²) in [5, 5.41) is 9.47. The average Bonchev–Trinajstić information content (AvgIpc) is 2.58. The molecule has 1 unspecified atom stereocenters. The molecule has 0 amide bonds. The highest BCUT2D eigenvalue weighted by atomic mass is 16.3. The number of aliphatic hydroxyl groups excluding tert-OH is 1. The predicted octanol–water partition coefficient (Wildman–Crippen LogP) is 2.52. The fourth-order valence-corrected chi connectivity index (χ4v) is 3.00. The third-order valence-electron chi connectivity index (χ3n) is 4.13. The van der Waals surface area contributed by atoms with Gasteiger partial charge >= 0.3 is 0 Å². The second-order valence-corrected chi connectivity index (χ2v) is 5.54. The van der Waals surface area contributed by atoms with E-state index in [-0.39, 0.29) is 6.10 Å². The van der Waals surface area contributed by atoms with Crippen molar-refractivity contribution in [3.05, 3.63) is 29.3 Å². The third kappa shape index (κ3) is 2.06. The van der Waals surface area contributed by atoms with Gasteiger partial charge in [-0.15, -0.1) is 0 Å². The maximum Gasteiger partial charge on any atom is 0.0552 e. The molecule has 1 aliphatic carbocycles. The Balaban J connectivity index is 1.84. The summed E-state index contributed by atoms with van der Waals surface area (Å²) in [6.45, 7) is 3.05. The molecule has 1 atom stereocenters. The number of hydrogen-bond donors (Lipinski definition) is 1. The van der Waals surface area contributed by atoms with Crippen LogP contribution >= 0.6 is 0 Å². The summed E-state index contributed by atoms with van der Waals surface area (Å²) in [6, 6.07) is 7.52. The molecule has 3 rings (SSSR count). The Bertz CT molecular complexity index is 409. The molecule has 1 N–H and O–H groups in total. The highest BCUT2D eigenvalue weighted by molar-refractivity contribution is 5.60. The van der Waals surface area contributed by atoms with Crippen LogP contribution in [0.15, 0.2) is 18.2 Å². The molecule has 0 radical (unpaired) electrons. The summed E-state index contributed by atoms with van der Waals surface area (Å²) in [5.74, 6) is 0. The molecule has 2 heteroatoms. The molecule has 1 aromatic carbocycles. The lowest BCUT2D eigenvalue weighted by Crippen LogP contribution is -2.38. The van der Waals surface area contributed by atoms with Gasteiger partial charge in [-0.1, -0.05) is 12.1 Å². The lowest BCUT2D eigenvalue weighted by Gasteiger charge is -2.36. The van der Waals surface area contributed by atoms with E-state index in [1.165, 1.54) is 49.0 Å². The Kier molecular flexibility index (Phi) is 2.83. The lowest BCUT2D eigenvalue weighted by molar-refractivity contribution is 0.195. The van der Waals surface area contributed by atoms with Crippen LogP contribution in [0.25, 0.3) is 0 Å². The molecule has 0 spiro atoms. The van der Waals surface area contributed by atoms with Gasteiger partial charge in [0.05, 0.1) is 6.10 Å². The van der Waals surface area contributed by atoms with Crippen molar-refractivity contribution in [2.75, 3.05) is 11.4 Å². The minimum atomic E-state index is -0.244. The number of aliphatic hydroxyl groups is 1. The zero-order valence-electron chi connectivity index (χ0n) is 10.5. The normalized spacial score (nSPS) is 21.2. The summed E-state index contributed by atoms with van der Waals surface area (Å²) in [5.41, 5.74) is 4.20. The third-order valence-corrected chi connectivity index (χ3v) is 4.13. The molecular weight excluding hydrogens is 210 g/mol. The Labute approximate surface area is 103 Å². The van der Waals surface area contributed by atoms with E-state index < -0.39 is 0 Å². The van der Waals surface area contributed by atoms with Crippen molar-refractivity contribution in [3.8, 4) is 0 Å². The van der Waals surface area contributed by atoms with E-state index in [1.807, 2.05) is 6.92 Å². The summed E-state index contributed by atoms with van der Waals surface area (Å²) in [7, 11) is 0. The SMILES string of the molecule is CC(O)Cc1ccc2c(c1)N(C1CCC1)CC2. The lowest BCUT2D eigenvalue weighted by atomic mass is 9.91. The van der Waals surface area contributed by atoms with Crippen LogP contribution in [-0.4, -0.2) is 23.8 Å². The van der Waals surface area contributed by atoms with Crippen molar-refractivity contribution in [2.45, 2.75) is 51.2 Å². The molecule has 92 valence electrons. The monoisotopic (exact) mass is 231 g/mol. The number of benzene rings is 1. The van der Waals surface area contributed by atoms with Crippen LogP contribution in [0.1, 0.15) is 37.3 Å². The number of nitrogens with zero attached hydrogens (tertiary/aromatic N) is 1. The molecule has 1 saturated carbocycles. The van der Waals surface area contributed by atoms with Gasteiger partial charge in [0.25, 0.3) is 0 Å². The van der Waals surface area contributed by atoms with Crippen LogP contribution in [0, 0.1) is 0 Å². The number of anilines is 1. The minimum absolute atomic E-state index is 0.244. The molecule has 0 aromatic heterocycles. The topological polar surface area (TPSA) is 23.5 Å². The maximum atomic E-state index is 9.47. The highest BCUT2D eigenvalue weighted by Gasteiger charge is 2.29. The largest absolute Gasteiger partial charge is 0.393 e. The quantitative estimate of drug-likeness (QED) is 0.864. The molecule has 2 nitrogen and oxygen atoms in total. The van der Waals surface area contributed by atoms with Crippen molar-refractivity contribution in [1.29, 1.82) is 0 Å². The van der Waals surface area contributed by atoms with Crippen molar-refractivity contribution >= 4 is 5.69 Å². The van der Waals surface area contributed by atoms with Crippen molar-refractivity contribution in [2.24, 2.45) is 0 Å². The van der Waals surface area contributed by atoms with Gasteiger partial charge in [0.1, 0.15) is 0 Å². The maximum absolute atomic E-state index is 9.47. The standard InChI is InChI=1S/C15H21NO/c1-11(17)9-12-5-6-13-7-8-16(15(13)10-12)14-3-2-4-14/h5-6,10-11,14,17H,2-4,7-9H2,1H3. The zero-order valence-corrected chi connectivity index (χ0v) is 10.5. The predicted molar refractivity (Wildman–Crippen MR) is 70.5 cm³/mol. The Morgan fingerprint density at radius 1 is 1.41 bits per heavy atom. The minimum Gasteiger partial charge on any atom is -0.393 e. The van der Waals surface area contributed by atoms with Crippen molar-refractivity contribution in [1.82, 2.24) is 0 Å². The summed E-state index contributed by atoms with van der Waals surface area (Å²) >= 11 is 0. The molecule has 1 heterocycles. The first kappa shape index (κ1) is 11.1. The van der Waals surface area contributed by atoms with Crippen LogP contribution < -0.4 is 4.90 Å². The van der Waals surface area contributed by atoms with Gasteiger partial charge in [-0.25, -0.2) is 0 Å². The molecule has 1 aromatic rings. The van der Waals surface area contributed by atoms with Crippen LogP contribution in [0.5, 0.6) is 0 Å². The van der Waals surface area contributed by atoms with Gasteiger partial charge in [0.15, 0.2) is 0 Å². The molecular formula is C15H21NO. The number of hydrogen-bond acceptors (Lipinski definition) is 2. The number of rotatable bonds is 3. The molecule has 17 heavy (non-hydrogen) atoms. The van der Waals surface area contributed by atoms with E-state index >= 15 is 0 Å². The fraction of sp³-hybridized carbons (Fsp3) is 0.600. The van der Waals surface area contributed by atoms with E-state index in [9.17, 15) is 5.11 Å². The summed E-state index contributed by atoms with van der Waals surface area (Å²) < 4.78 is 0. The first-order valence-corrected chi connectivity index (χ1v) is 6.80. The van der Waals surface area contributed by atoms with E-state index in [1.54, 1.807) is 0 Å². The van der Waals surface area contributed by atoms with Gasteiger partial charge in [-0.2, -0.15) is 0 Å². The van der Waals surface area contributed by atoms with Crippen molar-refractivity contribution < 1.29 is 5.11 Å². The average molecular weight is 231 g/mol. The Hall–Kier alpha value is -1.02. The van der Waals surface area contributed by atoms with E-state index in [0.717, 1.165) is 12.5 Å². The van der Waals surface area contributed by atoms with Gasteiger partial charge in [-0.3, -0.25) is 0 Å². The van der Waals surface area contributed by atoms with E-state index in [4.69, 9.17) is 0 Å². The number of fused-ring (bicyclic) bond motifs is 1. The first-order chi connectivity index (χ1) is 8.24. The fourth-order valence-electron chi connectivity index (χ4n) is 3.00. The van der Waals surface area contributed by atoms with Crippen LogP contribution in [-0.2, 0) is 12.8 Å².